The van der Waals surface area contributed by atoms with Gasteiger partial charge in [-0.2, -0.15) is 0 Å². The van der Waals surface area contributed by atoms with Gasteiger partial charge in [0.15, 0.2) is 11.5 Å². The topological polar surface area (TPSA) is 98.4 Å². The zero-order chi connectivity index (χ0) is 25.4. The van der Waals surface area contributed by atoms with E-state index >= 15 is 0 Å². The van der Waals surface area contributed by atoms with E-state index in [0.717, 1.165) is 41.2 Å². The summed E-state index contributed by atoms with van der Waals surface area (Å²) >= 11 is 1.63. The second kappa shape index (κ2) is 9.71. The fraction of sp³-hybridized carbons (Fsp3) is 0.308. The Kier molecular flexibility index (Phi) is 6.46. The number of likely N-dealkylation sites (N-methyl/N-ethyl adjacent to an activating group) is 1. The highest BCUT2D eigenvalue weighted by Gasteiger charge is 2.33. The van der Waals surface area contributed by atoms with Gasteiger partial charge in [-0.1, -0.05) is 12.1 Å². The Balaban J connectivity index is 1.37. The average molecular weight is 510 g/mol. The molecule has 0 bridgehead atoms. The van der Waals surface area contributed by atoms with Crippen LogP contribution in [0.15, 0.2) is 36.4 Å². The first-order valence-corrected chi connectivity index (χ1v) is 12.3. The maximum atomic E-state index is 13.0. The van der Waals surface area contributed by atoms with Crippen LogP contribution in [-0.2, 0) is 13.0 Å². The van der Waals surface area contributed by atoms with Crippen molar-refractivity contribution in [1.29, 1.82) is 0 Å². The zero-order valence-electron chi connectivity index (χ0n) is 20.5. The largest absolute Gasteiger partial charge is 0.493 e. The Morgan fingerprint density at radius 1 is 1.06 bits per heavy atom. The van der Waals surface area contributed by atoms with Crippen molar-refractivity contribution in [2.45, 2.75) is 19.1 Å². The number of hydrogen-bond acceptors (Lipinski definition) is 9. The number of fused-ring (bicyclic) bond motifs is 3. The highest BCUT2D eigenvalue weighted by Crippen LogP contribution is 2.41. The number of amides is 1. The lowest BCUT2D eigenvalue weighted by Crippen LogP contribution is -2.38. The van der Waals surface area contributed by atoms with E-state index in [9.17, 15) is 9.59 Å². The number of anilines is 1. The molecule has 36 heavy (non-hydrogen) atoms. The first kappa shape index (κ1) is 24.0. The molecule has 2 aliphatic heterocycles. The SMILES string of the molecule is COc1cc(C(=O)Oc2cccc([C@@H]3NC(=O)c4c(sc5c4CCN(C)C5)N3)c2)cc(OC)c1OC. The molecular weight excluding hydrogens is 482 g/mol. The van der Waals surface area contributed by atoms with Crippen molar-refractivity contribution in [3.63, 3.8) is 0 Å². The van der Waals surface area contributed by atoms with Gasteiger partial charge >= 0.3 is 5.97 Å². The van der Waals surface area contributed by atoms with Gasteiger partial charge in [0, 0.05) is 18.0 Å². The molecule has 0 saturated heterocycles. The van der Waals surface area contributed by atoms with Crippen LogP contribution in [0.2, 0.25) is 0 Å². The summed E-state index contributed by atoms with van der Waals surface area (Å²) in [5.41, 5.74) is 2.92. The van der Waals surface area contributed by atoms with Crippen molar-refractivity contribution < 1.29 is 28.5 Å². The number of esters is 1. The molecule has 5 rings (SSSR count). The first-order chi connectivity index (χ1) is 17.4. The predicted octanol–water partition coefficient (Wildman–Crippen LogP) is 3.84. The van der Waals surface area contributed by atoms with E-state index in [1.807, 2.05) is 6.07 Å². The fourth-order valence-corrected chi connectivity index (χ4v) is 5.89. The summed E-state index contributed by atoms with van der Waals surface area (Å²) in [5, 5.41) is 7.38. The van der Waals surface area contributed by atoms with E-state index < -0.39 is 12.1 Å². The van der Waals surface area contributed by atoms with E-state index in [4.69, 9.17) is 18.9 Å². The lowest BCUT2D eigenvalue weighted by atomic mass is 10.0. The van der Waals surface area contributed by atoms with Crippen LogP contribution < -0.4 is 29.6 Å². The number of ether oxygens (including phenoxy) is 4. The Hall–Kier alpha value is -3.76. The van der Waals surface area contributed by atoms with Gasteiger partial charge in [-0.05, 0) is 48.9 Å². The summed E-state index contributed by atoms with van der Waals surface area (Å²) in [4.78, 5) is 29.4. The Morgan fingerprint density at radius 2 is 1.81 bits per heavy atom. The van der Waals surface area contributed by atoms with Crippen LogP contribution in [0.5, 0.6) is 23.0 Å². The number of nitrogens with one attached hydrogen (secondary N) is 2. The van der Waals surface area contributed by atoms with Crippen LogP contribution in [0.1, 0.15) is 42.9 Å². The van der Waals surface area contributed by atoms with Gasteiger partial charge in [-0.15, -0.1) is 11.3 Å². The van der Waals surface area contributed by atoms with Crippen LogP contribution >= 0.6 is 11.3 Å². The summed E-state index contributed by atoms with van der Waals surface area (Å²) in [6.45, 7) is 1.78. The van der Waals surface area contributed by atoms with E-state index in [-0.39, 0.29) is 11.5 Å². The van der Waals surface area contributed by atoms with Crippen molar-refractivity contribution in [3.05, 3.63) is 63.5 Å². The Morgan fingerprint density at radius 3 is 2.50 bits per heavy atom. The molecule has 2 aliphatic rings. The number of benzene rings is 2. The minimum Gasteiger partial charge on any atom is -0.493 e. The number of methoxy groups -OCH3 is 3. The molecule has 1 aromatic heterocycles. The lowest BCUT2D eigenvalue weighted by molar-refractivity contribution is 0.0733. The molecule has 0 radical (unpaired) electrons. The average Bonchev–Trinajstić information content (AvgIpc) is 3.25. The van der Waals surface area contributed by atoms with Crippen LogP contribution in [0.4, 0.5) is 5.00 Å². The summed E-state index contributed by atoms with van der Waals surface area (Å²) < 4.78 is 21.6. The molecule has 0 aliphatic carbocycles. The van der Waals surface area contributed by atoms with E-state index in [0.29, 0.717) is 23.0 Å². The third-order valence-electron chi connectivity index (χ3n) is 6.33. The maximum absolute atomic E-state index is 13.0. The molecule has 0 unspecified atom stereocenters. The molecule has 9 nitrogen and oxygen atoms in total. The highest BCUT2D eigenvalue weighted by molar-refractivity contribution is 7.16. The molecule has 1 atom stereocenters. The summed E-state index contributed by atoms with van der Waals surface area (Å²) in [5.74, 6) is 0.777. The van der Waals surface area contributed by atoms with Gasteiger partial charge in [0.25, 0.3) is 5.91 Å². The normalized spacial score (nSPS) is 16.8. The molecule has 0 saturated carbocycles. The minimum atomic E-state index is -0.579. The molecule has 188 valence electrons. The zero-order valence-corrected chi connectivity index (χ0v) is 21.3. The Labute approximate surface area is 212 Å². The number of thiophene rings is 1. The quantitative estimate of drug-likeness (QED) is 0.382. The van der Waals surface area contributed by atoms with Gasteiger partial charge in [-0.3, -0.25) is 4.79 Å². The van der Waals surface area contributed by atoms with Crippen molar-refractivity contribution in [2.24, 2.45) is 0 Å². The lowest BCUT2D eigenvalue weighted by Gasteiger charge is -2.27. The second-order valence-corrected chi connectivity index (χ2v) is 9.73. The number of rotatable bonds is 6. The van der Waals surface area contributed by atoms with Gasteiger partial charge in [0.2, 0.25) is 5.75 Å². The van der Waals surface area contributed by atoms with E-state index in [2.05, 4.69) is 22.6 Å². The Bertz CT molecular complexity index is 1310. The summed E-state index contributed by atoms with van der Waals surface area (Å²) in [7, 11) is 6.54. The molecule has 0 spiro atoms. The van der Waals surface area contributed by atoms with Crippen molar-refractivity contribution in [3.8, 4) is 23.0 Å². The van der Waals surface area contributed by atoms with Gasteiger partial charge < -0.3 is 34.5 Å². The first-order valence-electron chi connectivity index (χ1n) is 11.4. The number of nitrogens with zero attached hydrogens (tertiary/aromatic N) is 1. The molecule has 10 heteroatoms. The smallest absolute Gasteiger partial charge is 0.343 e. The molecule has 0 fully saturated rings. The summed E-state index contributed by atoms with van der Waals surface area (Å²) in [6.07, 6.45) is 0.423. The van der Waals surface area contributed by atoms with Crippen LogP contribution in [-0.4, -0.2) is 51.7 Å². The molecule has 3 heterocycles. The number of hydrogen-bond donors (Lipinski definition) is 2. The van der Waals surface area contributed by atoms with E-state index in [1.54, 1.807) is 29.5 Å². The van der Waals surface area contributed by atoms with Crippen molar-refractivity contribution >= 4 is 28.2 Å². The standard InChI is InChI=1S/C26H27N3O6S/c1-29-9-8-17-20(13-29)36-25-21(17)24(30)27-23(28-25)14-6-5-7-16(10-14)35-26(31)15-11-18(32-2)22(34-4)19(12-15)33-3/h5-7,10-12,23,28H,8-9,13H2,1-4H3,(H,27,30)/t23-/m1/s1. The van der Waals surface area contributed by atoms with E-state index in [1.165, 1.54) is 38.3 Å². The molecule has 1 amide bonds. The third kappa shape index (κ3) is 4.33. The molecule has 2 aromatic carbocycles. The predicted molar refractivity (Wildman–Crippen MR) is 136 cm³/mol. The second-order valence-electron chi connectivity index (χ2n) is 8.62. The molecule has 2 N–H and O–H groups in total. The maximum Gasteiger partial charge on any atom is 0.343 e. The van der Waals surface area contributed by atoms with Gasteiger partial charge in [-0.25, -0.2) is 4.79 Å². The third-order valence-corrected chi connectivity index (χ3v) is 7.48. The minimum absolute atomic E-state index is 0.0874. The molecule has 3 aromatic rings. The molecular formula is C26H27N3O6S. The van der Waals surface area contributed by atoms with Crippen molar-refractivity contribution in [1.82, 2.24) is 10.2 Å². The summed E-state index contributed by atoms with van der Waals surface area (Å²) in [6, 6.07) is 10.2. The highest BCUT2D eigenvalue weighted by atomic mass is 32.1. The van der Waals surface area contributed by atoms with Gasteiger partial charge in [0.1, 0.15) is 16.9 Å². The van der Waals surface area contributed by atoms with Crippen LogP contribution in [0, 0.1) is 0 Å². The number of carbonyl (C=O) groups excluding carboxylic acids is 2. The number of carbonyl (C=O) groups is 2. The van der Waals surface area contributed by atoms with Crippen LogP contribution in [0.25, 0.3) is 0 Å². The van der Waals surface area contributed by atoms with Crippen molar-refractivity contribution in [2.75, 3.05) is 40.2 Å². The van der Waals surface area contributed by atoms with Crippen LogP contribution in [0.3, 0.4) is 0 Å². The fourth-order valence-electron chi connectivity index (χ4n) is 4.53. The van der Waals surface area contributed by atoms with Gasteiger partial charge in [0.05, 0.1) is 32.5 Å². The monoisotopic (exact) mass is 509 g/mol.